The molecule has 0 unspecified atom stereocenters. The molecule has 2 amide bonds. The monoisotopic (exact) mass is 517 g/mol. The predicted octanol–water partition coefficient (Wildman–Crippen LogP) is 5.94. The van der Waals surface area contributed by atoms with Crippen molar-refractivity contribution >= 4 is 45.2 Å². The lowest BCUT2D eigenvalue weighted by atomic mass is 10.1. The van der Waals surface area contributed by atoms with Crippen LogP contribution in [0.5, 0.6) is 5.75 Å². The number of carbonyl (C=O) groups is 2. The molecule has 3 aromatic rings. The summed E-state index contributed by atoms with van der Waals surface area (Å²) >= 11 is 3.40. The molecule has 0 saturated heterocycles. The molecule has 34 heavy (non-hydrogen) atoms. The van der Waals surface area contributed by atoms with Crippen molar-refractivity contribution in [1.29, 1.82) is 5.26 Å². The van der Waals surface area contributed by atoms with Crippen molar-refractivity contribution in [2.45, 2.75) is 20.8 Å². The Bertz CT molecular complexity index is 1310. The van der Waals surface area contributed by atoms with Crippen LogP contribution < -0.4 is 15.4 Å². The number of anilines is 2. The zero-order valence-electron chi connectivity index (χ0n) is 19.1. The fraction of sp³-hybridized carbons (Fsp3) is 0.148. The van der Waals surface area contributed by atoms with Gasteiger partial charge in [0.25, 0.3) is 11.8 Å². The molecule has 0 aliphatic carbocycles. The molecule has 3 aromatic carbocycles. The number of nitrogens with one attached hydrogen (secondary N) is 2. The topological polar surface area (TPSA) is 91.2 Å². The van der Waals surface area contributed by atoms with Crippen LogP contribution in [0, 0.1) is 32.1 Å². The number of nitriles is 1. The maximum atomic E-state index is 12.8. The van der Waals surface area contributed by atoms with E-state index in [0.29, 0.717) is 22.7 Å². The largest absolute Gasteiger partial charge is 0.483 e. The van der Waals surface area contributed by atoms with Crippen LogP contribution in [-0.2, 0) is 9.59 Å². The highest BCUT2D eigenvalue weighted by Gasteiger charge is 2.14. The Balaban J connectivity index is 1.78. The highest BCUT2D eigenvalue weighted by Crippen LogP contribution is 2.26. The van der Waals surface area contributed by atoms with Gasteiger partial charge in [-0.25, -0.2) is 0 Å². The van der Waals surface area contributed by atoms with Crippen molar-refractivity contribution in [3.8, 4) is 11.8 Å². The van der Waals surface area contributed by atoms with E-state index >= 15 is 0 Å². The number of benzene rings is 3. The van der Waals surface area contributed by atoms with Gasteiger partial charge >= 0.3 is 0 Å². The van der Waals surface area contributed by atoms with E-state index in [1.54, 1.807) is 24.3 Å². The highest BCUT2D eigenvalue weighted by molar-refractivity contribution is 9.10. The number of amides is 2. The fourth-order valence-electron chi connectivity index (χ4n) is 3.19. The molecule has 0 bridgehead atoms. The number of para-hydroxylation sites is 1. The summed E-state index contributed by atoms with van der Waals surface area (Å²) in [5.74, 6) is -0.477. The molecular formula is C27H24BrN3O3. The Morgan fingerprint density at radius 2 is 1.68 bits per heavy atom. The minimum atomic E-state index is -0.528. The first-order valence-electron chi connectivity index (χ1n) is 10.6. The summed E-state index contributed by atoms with van der Waals surface area (Å²) < 4.78 is 6.46. The van der Waals surface area contributed by atoms with E-state index in [-0.39, 0.29) is 18.1 Å². The van der Waals surface area contributed by atoms with E-state index in [0.717, 1.165) is 21.2 Å². The van der Waals surface area contributed by atoms with Gasteiger partial charge in [-0.2, -0.15) is 5.26 Å². The fourth-order valence-corrected chi connectivity index (χ4v) is 3.57. The Labute approximate surface area is 207 Å². The van der Waals surface area contributed by atoms with E-state index < -0.39 is 5.91 Å². The van der Waals surface area contributed by atoms with Crippen molar-refractivity contribution in [2.75, 3.05) is 17.2 Å². The molecule has 0 aliphatic rings. The predicted molar refractivity (Wildman–Crippen MR) is 138 cm³/mol. The minimum Gasteiger partial charge on any atom is -0.483 e. The van der Waals surface area contributed by atoms with Gasteiger partial charge in [-0.15, -0.1) is 0 Å². The first-order valence-corrected chi connectivity index (χ1v) is 11.3. The van der Waals surface area contributed by atoms with Crippen molar-refractivity contribution in [3.63, 3.8) is 0 Å². The van der Waals surface area contributed by atoms with Gasteiger partial charge < -0.3 is 15.4 Å². The van der Waals surface area contributed by atoms with Crippen LogP contribution in [0.25, 0.3) is 6.08 Å². The normalized spacial score (nSPS) is 10.9. The number of hydrogen-bond acceptors (Lipinski definition) is 4. The maximum Gasteiger partial charge on any atom is 0.266 e. The Morgan fingerprint density at radius 3 is 2.41 bits per heavy atom. The lowest BCUT2D eigenvalue weighted by Crippen LogP contribution is -2.21. The number of carbonyl (C=O) groups excluding carboxylic acids is 2. The number of halogens is 1. The Morgan fingerprint density at radius 1 is 0.971 bits per heavy atom. The van der Waals surface area contributed by atoms with Crippen molar-refractivity contribution < 1.29 is 14.3 Å². The Hall–Kier alpha value is -3.89. The SMILES string of the molecule is Cc1ccccc1NC(=O)COc1ccc(Br)cc1/C=C(/C#N)C(=O)Nc1cccc(C)c1C. The summed E-state index contributed by atoms with van der Waals surface area (Å²) in [7, 11) is 0. The van der Waals surface area contributed by atoms with Crippen LogP contribution in [0.3, 0.4) is 0 Å². The molecule has 0 saturated carbocycles. The second kappa shape index (κ2) is 11.3. The third-order valence-corrected chi connectivity index (χ3v) is 5.76. The van der Waals surface area contributed by atoms with Crippen LogP contribution in [0.2, 0.25) is 0 Å². The molecule has 0 aliphatic heterocycles. The lowest BCUT2D eigenvalue weighted by Gasteiger charge is -2.12. The zero-order valence-corrected chi connectivity index (χ0v) is 20.7. The summed E-state index contributed by atoms with van der Waals surface area (Å²) in [6.45, 7) is 5.53. The van der Waals surface area contributed by atoms with Crippen LogP contribution >= 0.6 is 15.9 Å². The van der Waals surface area contributed by atoms with Crippen LogP contribution in [-0.4, -0.2) is 18.4 Å². The lowest BCUT2D eigenvalue weighted by molar-refractivity contribution is -0.118. The molecular weight excluding hydrogens is 494 g/mol. The van der Waals surface area contributed by atoms with Gasteiger partial charge in [0.05, 0.1) is 0 Å². The number of hydrogen-bond donors (Lipinski definition) is 2. The standard InChI is InChI=1S/C27H24BrN3O3/c1-17-8-6-10-24(19(17)3)31-27(33)21(15-29)13-20-14-22(28)11-12-25(20)34-16-26(32)30-23-9-5-4-7-18(23)2/h4-14H,16H2,1-3H3,(H,30,32)(H,31,33)/b21-13-. The molecule has 2 N–H and O–H groups in total. The molecule has 0 atom stereocenters. The molecule has 0 radical (unpaired) electrons. The van der Waals surface area contributed by atoms with Gasteiger partial charge in [-0.3, -0.25) is 9.59 Å². The van der Waals surface area contributed by atoms with Gasteiger partial charge in [-0.1, -0.05) is 46.3 Å². The third-order valence-electron chi connectivity index (χ3n) is 5.27. The summed E-state index contributed by atoms with van der Waals surface area (Å²) in [6, 6.07) is 20.1. The second-order valence-electron chi connectivity index (χ2n) is 7.71. The van der Waals surface area contributed by atoms with Crippen LogP contribution in [0.4, 0.5) is 11.4 Å². The van der Waals surface area contributed by atoms with E-state index in [2.05, 4.69) is 26.6 Å². The zero-order chi connectivity index (χ0) is 24.7. The molecule has 0 fully saturated rings. The van der Waals surface area contributed by atoms with E-state index in [1.165, 1.54) is 6.08 Å². The first-order chi connectivity index (χ1) is 16.3. The number of nitrogens with zero attached hydrogens (tertiary/aromatic N) is 1. The number of rotatable bonds is 7. The summed E-state index contributed by atoms with van der Waals surface area (Å²) in [4.78, 5) is 25.2. The first kappa shape index (κ1) is 24.7. The molecule has 0 spiro atoms. The van der Waals surface area contributed by atoms with Gasteiger partial charge in [0.2, 0.25) is 0 Å². The molecule has 6 nitrogen and oxygen atoms in total. The molecule has 7 heteroatoms. The Kier molecular flexibility index (Phi) is 8.23. The van der Waals surface area contributed by atoms with E-state index in [4.69, 9.17) is 4.74 Å². The molecule has 0 aromatic heterocycles. The van der Waals surface area contributed by atoms with E-state index in [1.807, 2.05) is 63.2 Å². The minimum absolute atomic E-state index is 0.0896. The summed E-state index contributed by atoms with van der Waals surface area (Å²) in [6.07, 6.45) is 1.44. The number of aryl methyl sites for hydroxylation is 2. The average Bonchev–Trinajstić information content (AvgIpc) is 2.81. The van der Waals surface area contributed by atoms with Crippen LogP contribution in [0.1, 0.15) is 22.3 Å². The van der Waals surface area contributed by atoms with E-state index in [9.17, 15) is 14.9 Å². The third kappa shape index (κ3) is 6.33. The summed E-state index contributed by atoms with van der Waals surface area (Å²) in [5, 5.41) is 15.2. The quantitative estimate of drug-likeness (QED) is 0.299. The van der Waals surface area contributed by atoms with Crippen molar-refractivity contribution in [1.82, 2.24) is 0 Å². The van der Waals surface area contributed by atoms with Gasteiger partial charge in [0.15, 0.2) is 6.61 Å². The van der Waals surface area contributed by atoms with Gasteiger partial charge in [0.1, 0.15) is 17.4 Å². The molecule has 0 heterocycles. The average molecular weight is 518 g/mol. The molecule has 3 rings (SSSR count). The van der Waals surface area contributed by atoms with Gasteiger partial charge in [0, 0.05) is 21.4 Å². The highest BCUT2D eigenvalue weighted by atomic mass is 79.9. The number of ether oxygens (including phenoxy) is 1. The molecule has 172 valence electrons. The maximum absolute atomic E-state index is 12.8. The van der Waals surface area contributed by atoms with Gasteiger partial charge in [-0.05, 0) is 73.9 Å². The van der Waals surface area contributed by atoms with Crippen LogP contribution in [0.15, 0.2) is 70.7 Å². The van der Waals surface area contributed by atoms with Crippen molar-refractivity contribution in [2.24, 2.45) is 0 Å². The smallest absolute Gasteiger partial charge is 0.266 e. The summed E-state index contributed by atoms with van der Waals surface area (Å²) in [5.41, 5.74) is 4.66. The van der Waals surface area contributed by atoms with Crippen molar-refractivity contribution in [3.05, 3.63) is 93.0 Å². The second-order valence-corrected chi connectivity index (χ2v) is 8.62.